The highest BCUT2D eigenvalue weighted by Gasteiger charge is 2.33. The fourth-order valence-electron chi connectivity index (χ4n) is 2.71. The number of rotatable bonds is 8. The van der Waals surface area contributed by atoms with Gasteiger partial charge in [0, 0.05) is 44.2 Å². The zero-order valence-corrected chi connectivity index (χ0v) is 14.8. The van der Waals surface area contributed by atoms with Crippen LogP contribution in [0.5, 0.6) is 0 Å². The molecular weight excluding hydrogens is 345 g/mol. The smallest absolute Gasteiger partial charge is 0.398 e. The summed E-state index contributed by atoms with van der Waals surface area (Å²) in [6, 6.07) is 10.6. The molecule has 2 N–H and O–H groups in total. The van der Waals surface area contributed by atoms with E-state index >= 15 is 0 Å². The Labute approximate surface area is 151 Å². The maximum absolute atomic E-state index is 13.4. The second kappa shape index (κ2) is 8.91. The van der Waals surface area contributed by atoms with Gasteiger partial charge in [-0.3, -0.25) is 0 Å². The van der Waals surface area contributed by atoms with Crippen LogP contribution >= 0.6 is 0 Å². The van der Waals surface area contributed by atoms with Crippen LogP contribution < -0.4 is 10.6 Å². The SMILES string of the molecule is COCCN(CCOC)c1ccc(N)c(-c2ccccc2C(F)(F)F)c1. The maximum atomic E-state index is 13.4. The summed E-state index contributed by atoms with van der Waals surface area (Å²) in [5.41, 5.74) is 6.78. The highest BCUT2D eigenvalue weighted by Crippen LogP contribution is 2.40. The number of hydrogen-bond donors (Lipinski definition) is 1. The van der Waals surface area contributed by atoms with Crippen LogP contribution in [0.2, 0.25) is 0 Å². The Morgan fingerprint density at radius 1 is 0.923 bits per heavy atom. The number of anilines is 2. The average Bonchev–Trinajstić information content (AvgIpc) is 2.62. The van der Waals surface area contributed by atoms with Gasteiger partial charge in [0.15, 0.2) is 0 Å². The molecule has 0 bridgehead atoms. The van der Waals surface area contributed by atoms with Gasteiger partial charge in [0.05, 0.1) is 18.8 Å². The molecule has 0 radical (unpaired) electrons. The van der Waals surface area contributed by atoms with E-state index in [1.807, 2.05) is 4.90 Å². The Kier molecular flexibility index (Phi) is 6.88. The molecule has 4 nitrogen and oxygen atoms in total. The van der Waals surface area contributed by atoms with Crippen molar-refractivity contribution >= 4 is 11.4 Å². The van der Waals surface area contributed by atoms with Crippen molar-refractivity contribution in [3.63, 3.8) is 0 Å². The minimum atomic E-state index is -4.45. The lowest BCUT2D eigenvalue weighted by atomic mass is 9.97. The molecule has 2 rings (SSSR count). The topological polar surface area (TPSA) is 47.7 Å². The Hall–Kier alpha value is -2.25. The van der Waals surface area contributed by atoms with E-state index in [0.29, 0.717) is 37.6 Å². The Bertz CT molecular complexity index is 712. The minimum absolute atomic E-state index is 0.0674. The van der Waals surface area contributed by atoms with Crippen molar-refractivity contribution in [2.24, 2.45) is 0 Å². The second-order valence-corrected chi connectivity index (χ2v) is 5.79. The predicted octanol–water partition coefficient (Wildman–Crippen LogP) is 4.05. The number of halogens is 3. The molecule has 0 amide bonds. The molecule has 7 heteroatoms. The molecule has 0 aliphatic rings. The molecule has 0 unspecified atom stereocenters. The van der Waals surface area contributed by atoms with E-state index in [9.17, 15) is 13.2 Å². The van der Waals surface area contributed by atoms with Gasteiger partial charge in [-0.05, 0) is 29.8 Å². The molecule has 142 valence electrons. The summed E-state index contributed by atoms with van der Waals surface area (Å²) in [6.07, 6.45) is -4.45. The molecule has 0 aromatic heterocycles. The first-order valence-corrected chi connectivity index (χ1v) is 8.17. The number of methoxy groups -OCH3 is 2. The summed E-state index contributed by atoms with van der Waals surface area (Å²) >= 11 is 0. The van der Waals surface area contributed by atoms with Crippen molar-refractivity contribution in [3.05, 3.63) is 48.0 Å². The Morgan fingerprint density at radius 3 is 2.12 bits per heavy atom. The van der Waals surface area contributed by atoms with Crippen LogP contribution in [0, 0.1) is 0 Å². The highest BCUT2D eigenvalue weighted by atomic mass is 19.4. The highest BCUT2D eigenvalue weighted by molar-refractivity contribution is 5.82. The number of ether oxygens (including phenoxy) is 2. The third-order valence-corrected chi connectivity index (χ3v) is 4.06. The van der Waals surface area contributed by atoms with Gasteiger partial charge in [0.1, 0.15) is 0 Å². The molecule has 26 heavy (non-hydrogen) atoms. The van der Waals surface area contributed by atoms with Gasteiger partial charge in [0.25, 0.3) is 0 Å². The quantitative estimate of drug-likeness (QED) is 0.714. The number of hydrogen-bond acceptors (Lipinski definition) is 4. The molecule has 0 saturated heterocycles. The number of nitrogens with two attached hydrogens (primary N) is 1. The van der Waals surface area contributed by atoms with E-state index in [2.05, 4.69) is 0 Å². The third kappa shape index (κ3) is 4.89. The molecule has 2 aromatic carbocycles. The van der Waals surface area contributed by atoms with Crippen molar-refractivity contribution in [1.29, 1.82) is 0 Å². The fourth-order valence-corrected chi connectivity index (χ4v) is 2.71. The van der Waals surface area contributed by atoms with Gasteiger partial charge in [-0.1, -0.05) is 18.2 Å². The number of nitrogens with zero attached hydrogens (tertiary/aromatic N) is 1. The fraction of sp³-hybridized carbons (Fsp3) is 0.368. The van der Waals surface area contributed by atoms with Gasteiger partial charge >= 0.3 is 6.18 Å². The van der Waals surface area contributed by atoms with E-state index in [1.54, 1.807) is 38.5 Å². The van der Waals surface area contributed by atoms with Gasteiger partial charge in [-0.25, -0.2) is 0 Å². The molecule has 0 atom stereocenters. The van der Waals surface area contributed by atoms with Crippen LogP contribution in [0.15, 0.2) is 42.5 Å². The number of benzene rings is 2. The number of nitrogen functional groups attached to an aromatic ring is 1. The summed E-state index contributed by atoms with van der Waals surface area (Å²) in [5.74, 6) is 0. The van der Waals surface area contributed by atoms with E-state index in [-0.39, 0.29) is 5.56 Å². The lowest BCUT2D eigenvalue weighted by Crippen LogP contribution is -2.30. The standard InChI is InChI=1S/C19H23F3N2O2/c1-25-11-9-24(10-12-26-2)14-7-8-18(23)16(13-14)15-5-3-4-6-17(15)19(20,21)22/h3-8,13H,9-12,23H2,1-2H3. The minimum Gasteiger partial charge on any atom is -0.398 e. The summed E-state index contributed by atoms with van der Waals surface area (Å²) in [6.45, 7) is 2.15. The molecule has 0 spiro atoms. The first-order chi connectivity index (χ1) is 12.4. The first kappa shape index (κ1) is 20.1. The van der Waals surface area contributed by atoms with Crippen molar-refractivity contribution in [2.45, 2.75) is 6.18 Å². The van der Waals surface area contributed by atoms with Gasteiger partial charge in [-0.2, -0.15) is 13.2 Å². The van der Waals surface area contributed by atoms with Gasteiger partial charge in [-0.15, -0.1) is 0 Å². The summed E-state index contributed by atoms with van der Waals surface area (Å²) in [5, 5.41) is 0. The predicted molar refractivity (Wildman–Crippen MR) is 97.3 cm³/mol. The van der Waals surface area contributed by atoms with Gasteiger partial charge in [0.2, 0.25) is 0 Å². The Balaban J connectivity index is 2.47. The third-order valence-electron chi connectivity index (χ3n) is 4.06. The van der Waals surface area contributed by atoms with Crippen LogP contribution in [-0.4, -0.2) is 40.5 Å². The van der Waals surface area contributed by atoms with Crippen LogP contribution in [0.3, 0.4) is 0 Å². The van der Waals surface area contributed by atoms with E-state index in [4.69, 9.17) is 15.2 Å². The summed E-state index contributed by atoms with van der Waals surface area (Å²) < 4.78 is 50.4. The van der Waals surface area contributed by atoms with Crippen LogP contribution in [0.1, 0.15) is 5.56 Å². The number of alkyl halides is 3. The molecule has 2 aromatic rings. The maximum Gasteiger partial charge on any atom is 0.417 e. The first-order valence-electron chi connectivity index (χ1n) is 8.17. The van der Waals surface area contributed by atoms with E-state index < -0.39 is 11.7 Å². The molecule has 0 aliphatic carbocycles. The van der Waals surface area contributed by atoms with Crippen molar-refractivity contribution in [2.75, 3.05) is 51.2 Å². The van der Waals surface area contributed by atoms with E-state index in [1.165, 1.54) is 12.1 Å². The lowest BCUT2D eigenvalue weighted by molar-refractivity contribution is -0.137. The molecule has 0 aliphatic heterocycles. The zero-order chi connectivity index (χ0) is 19.2. The van der Waals surface area contributed by atoms with Crippen LogP contribution in [0.25, 0.3) is 11.1 Å². The molecular formula is C19H23F3N2O2. The molecule has 0 heterocycles. The van der Waals surface area contributed by atoms with Crippen molar-refractivity contribution in [3.8, 4) is 11.1 Å². The zero-order valence-electron chi connectivity index (χ0n) is 14.8. The summed E-state index contributed by atoms with van der Waals surface area (Å²) in [4.78, 5) is 1.99. The summed E-state index contributed by atoms with van der Waals surface area (Å²) in [7, 11) is 3.20. The lowest BCUT2D eigenvalue weighted by Gasteiger charge is -2.25. The van der Waals surface area contributed by atoms with Crippen molar-refractivity contribution < 1.29 is 22.6 Å². The average molecular weight is 368 g/mol. The molecule has 0 fully saturated rings. The van der Waals surface area contributed by atoms with Gasteiger partial charge < -0.3 is 20.1 Å². The second-order valence-electron chi connectivity index (χ2n) is 5.79. The largest absolute Gasteiger partial charge is 0.417 e. The Morgan fingerprint density at radius 2 is 1.54 bits per heavy atom. The van der Waals surface area contributed by atoms with E-state index in [0.717, 1.165) is 11.8 Å². The van der Waals surface area contributed by atoms with Crippen LogP contribution in [0.4, 0.5) is 24.5 Å². The van der Waals surface area contributed by atoms with Crippen molar-refractivity contribution in [1.82, 2.24) is 0 Å². The molecule has 0 saturated carbocycles. The normalized spacial score (nSPS) is 11.6. The van der Waals surface area contributed by atoms with Crippen LogP contribution in [-0.2, 0) is 15.7 Å². The monoisotopic (exact) mass is 368 g/mol.